The number of halogens is 1. The van der Waals surface area contributed by atoms with E-state index in [0.29, 0.717) is 18.1 Å². The van der Waals surface area contributed by atoms with Crippen LogP contribution in [0.5, 0.6) is 11.5 Å². The lowest BCUT2D eigenvalue weighted by Crippen LogP contribution is -2.22. The van der Waals surface area contributed by atoms with Gasteiger partial charge in [-0.25, -0.2) is 4.39 Å². The minimum atomic E-state index is -0.850. The number of hydrogen-bond acceptors (Lipinski definition) is 7. The van der Waals surface area contributed by atoms with Gasteiger partial charge in [-0.15, -0.1) is 0 Å². The summed E-state index contributed by atoms with van der Waals surface area (Å²) < 4.78 is 29.3. The molecule has 29 heavy (non-hydrogen) atoms. The third-order valence-corrected chi connectivity index (χ3v) is 3.51. The Hall–Kier alpha value is -3.69. The number of non-ortho nitro benzene ring substituents is 1. The van der Waals surface area contributed by atoms with Crippen LogP contribution in [0.4, 0.5) is 15.8 Å². The molecule has 0 aliphatic carbocycles. The molecule has 1 amide bonds. The molecule has 0 radical (unpaired) electrons. The van der Waals surface area contributed by atoms with Crippen molar-refractivity contribution in [2.24, 2.45) is 0 Å². The Bertz CT molecular complexity index is 889. The number of nitrogens with one attached hydrogen (secondary N) is 1. The summed E-state index contributed by atoms with van der Waals surface area (Å²) >= 11 is 0. The fourth-order valence-electron chi connectivity index (χ4n) is 2.22. The minimum Gasteiger partial charge on any atom is -0.490 e. The van der Waals surface area contributed by atoms with Crippen LogP contribution in [0.3, 0.4) is 0 Å². The fourth-order valence-corrected chi connectivity index (χ4v) is 2.22. The molecule has 2 rings (SSSR count). The van der Waals surface area contributed by atoms with Gasteiger partial charge in [0.1, 0.15) is 5.82 Å². The zero-order chi connectivity index (χ0) is 21.2. The standard InChI is InChI=1S/C19H19FN2O7/c1-2-27-16-5-3-4-6-17(16)28-10-9-19(24)29-12-18(23)21-15-11-13(22(25)26)7-8-14(15)20/h3-8,11H,2,9-10,12H2,1H3,(H,21,23). The number of esters is 1. The van der Waals surface area contributed by atoms with Gasteiger partial charge in [0.15, 0.2) is 18.1 Å². The molecule has 10 heteroatoms. The molecule has 0 saturated carbocycles. The monoisotopic (exact) mass is 406 g/mol. The molecule has 2 aromatic rings. The van der Waals surface area contributed by atoms with E-state index < -0.39 is 29.2 Å². The zero-order valence-corrected chi connectivity index (χ0v) is 15.6. The summed E-state index contributed by atoms with van der Waals surface area (Å²) in [6.07, 6.45) is -0.126. The number of carbonyl (C=O) groups is 2. The lowest BCUT2D eigenvalue weighted by Gasteiger charge is -2.11. The quantitative estimate of drug-likeness (QED) is 0.366. The van der Waals surface area contributed by atoms with Gasteiger partial charge in [0.25, 0.3) is 11.6 Å². The number of ether oxygens (including phenoxy) is 3. The number of nitro groups is 1. The number of para-hydroxylation sites is 2. The molecule has 0 spiro atoms. The lowest BCUT2D eigenvalue weighted by atomic mass is 10.2. The Morgan fingerprint density at radius 2 is 1.83 bits per heavy atom. The summed E-state index contributed by atoms with van der Waals surface area (Å²) in [5.74, 6) is -1.37. The van der Waals surface area contributed by atoms with Crippen LogP contribution in [0.1, 0.15) is 13.3 Å². The first-order valence-corrected chi connectivity index (χ1v) is 8.64. The van der Waals surface area contributed by atoms with E-state index in [2.05, 4.69) is 5.32 Å². The van der Waals surface area contributed by atoms with Crippen molar-refractivity contribution in [2.75, 3.05) is 25.1 Å². The average Bonchev–Trinajstić information content (AvgIpc) is 2.69. The predicted molar refractivity (Wildman–Crippen MR) is 100 cm³/mol. The van der Waals surface area contributed by atoms with Gasteiger partial charge in [-0.3, -0.25) is 19.7 Å². The molecule has 9 nitrogen and oxygen atoms in total. The Balaban J connectivity index is 1.77. The van der Waals surface area contributed by atoms with E-state index in [1.165, 1.54) is 0 Å². The maximum Gasteiger partial charge on any atom is 0.309 e. The van der Waals surface area contributed by atoms with Crippen LogP contribution in [0.25, 0.3) is 0 Å². The largest absolute Gasteiger partial charge is 0.490 e. The number of carbonyl (C=O) groups excluding carboxylic acids is 2. The van der Waals surface area contributed by atoms with Crippen LogP contribution in [0.15, 0.2) is 42.5 Å². The number of nitro benzene ring substituents is 1. The second-order valence-corrected chi connectivity index (χ2v) is 5.61. The molecule has 0 fully saturated rings. The molecular weight excluding hydrogens is 387 g/mol. The number of amides is 1. The Morgan fingerprint density at radius 3 is 2.48 bits per heavy atom. The molecule has 0 aliphatic heterocycles. The zero-order valence-electron chi connectivity index (χ0n) is 15.6. The van der Waals surface area contributed by atoms with Crippen LogP contribution >= 0.6 is 0 Å². The number of nitrogens with zero attached hydrogens (tertiary/aromatic N) is 1. The normalized spacial score (nSPS) is 10.1. The van der Waals surface area contributed by atoms with E-state index in [0.717, 1.165) is 18.2 Å². The number of rotatable bonds is 10. The van der Waals surface area contributed by atoms with Gasteiger partial charge in [0.2, 0.25) is 0 Å². The summed E-state index contributed by atoms with van der Waals surface area (Å²) in [4.78, 5) is 33.5. The molecule has 0 aliphatic rings. The van der Waals surface area contributed by atoms with E-state index in [1.54, 1.807) is 24.3 Å². The predicted octanol–water partition coefficient (Wildman–Crippen LogP) is 3.08. The first-order valence-electron chi connectivity index (χ1n) is 8.64. The van der Waals surface area contributed by atoms with E-state index in [4.69, 9.17) is 14.2 Å². The Labute approximate surface area is 165 Å². The van der Waals surface area contributed by atoms with Crippen molar-refractivity contribution in [3.63, 3.8) is 0 Å². The molecule has 0 aromatic heterocycles. The van der Waals surface area contributed by atoms with Gasteiger partial charge < -0.3 is 19.5 Å². The van der Waals surface area contributed by atoms with Crippen molar-refractivity contribution < 1.29 is 33.1 Å². The third-order valence-electron chi connectivity index (χ3n) is 3.51. The summed E-state index contributed by atoms with van der Waals surface area (Å²) in [7, 11) is 0. The molecule has 0 saturated heterocycles. The van der Waals surface area contributed by atoms with Crippen molar-refractivity contribution in [1.29, 1.82) is 0 Å². The Kier molecular flexibility index (Phi) is 7.89. The van der Waals surface area contributed by atoms with Crippen molar-refractivity contribution in [3.8, 4) is 11.5 Å². The highest BCUT2D eigenvalue weighted by molar-refractivity contribution is 5.93. The minimum absolute atomic E-state index is 0.00402. The lowest BCUT2D eigenvalue weighted by molar-refractivity contribution is -0.384. The van der Waals surface area contributed by atoms with E-state index >= 15 is 0 Å². The van der Waals surface area contributed by atoms with Crippen molar-refractivity contribution in [2.45, 2.75) is 13.3 Å². The van der Waals surface area contributed by atoms with Crippen LogP contribution in [-0.2, 0) is 14.3 Å². The van der Waals surface area contributed by atoms with Crippen LogP contribution < -0.4 is 14.8 Å². The van der Waals surface area contributed by atoms with Crippen LogP contribution in [0.2, 0.25) is 0 Å². The second kappa shape index (κ2) is 10.6. The van der Waals surface area contributed by atoms with Gasteiger partial charge >= 0.3 is 5.97 Å². The summed E-state index contributed by atoms with van der Waals surface area (Å²) in [5, 5.41) is 12.8. The van der Waals surface area contributed by atoms with Gasteiger partial charge in [-0.05, 0) is 25.1 Å². The number of benzene rings is 2. The van der Waals surface area contributed by atoms with Crippen LogP contribution in [0, 0.1) is 15.9 Å². The average molecular weight is 406 g/mol. The highest BCUT2D eigenvalue weighted by Crippen LogP contribution is 2.26. The SMILES string of the molecule is CCOc1ccccc1OCCC(=O)OCC(=O)Nc1cc([N+](=O)[O-])ccc1F. The number of hydrogen-bond donors (Lipinski definition) is 1. The Morgan fingerprint density at radius 1 is 1.14 bits per heavy atom. The molecular formula is C19H19FN2O7. The molecule has 2 aromatic carbocycles. The first-order chi connectivity index (χ1) is 13.9. The first kappa shape index (κ1) is 21.6. The van der Waals surface area contributed by atoms with Gasteiger partial charge in [-0.1, -0.05) is 12.1 Å². The second-order valence-electron chi connectivity index (χ2n) is 5.61. The summed E-state index contributed by atoms with van der Waals surface area (Å²) in [6, 6.07) is 9.67. The van der Waals surface area contributed by atoms with Gasteiger partial charge in [-0.2, -0.15) is 0 Å². The topological polar surface area (TPSA) is 117 Å². The van der Waals surface area contributed by atoms with Gasteiger partial charge in [0, 0.05) is 12.1 Å². The third kappa shape index (κ3) is 6.76. The van der Waals surface area contributed by atoms with E-state index in [9.17, 15) is 24.1 Å². The summed E-state index contributed by atoms with van der Waals surface area (Å²) in [5.41, 5.74) is -0.765. The molecule has 0 atom stereocenters. The van der Waals surface area contributed by atoms with Crippen LogP contribution in [-0.4, -0.2) is 36.6 Å². The molecule has 0 heterocycles. The number of anilines is 1. The fraction of sp³-hybridized carbons (Fsp3) is 0.263. The maximum absolute atomic E-state index is 13.6. The molecule has 0 bridgehead atoms. The van der Waals surface area contributed by atoms with Crippen molar-refractivity contribution in [1.82, 2.24) is 0 Å². The van der Waals surface area contributed by atoms with Crippen molar-refractivity contribution in [3.05, 3.63) is 58.4 Å². The van der Waals surface area contributed by atoms with Gasteiger partial charge in [0.05, 0.1) is 30.2 Å². The molecule has 0 unspecified atom stereocenters. The molecule has 1 N–H and O–H groups in total. The van der Waals surface area contributed by atoms with Crippen molar-refractivity contribution >= 4 is 23.3 Å². The van der Waals surface area contributed by atoms with E-state index in [-0.39, 0.29) is 24.4 Å². The molecule has 154 valence electrons. The summed E-state index contributed by atoms with van der Waals surface area (Å²) in [6.45, 7) is 1.63. The smallest absolute Gasteiger partial charge is 0.309 e. The highest BCUT2D eigenvalue weighted by atomic mass is 19.1. The highest BCUT2D eigenvalue weighted by Gasteiger charge is 2.14. The maximum atomic E-state index is 13.6. The van der Waals surface area contributed by atoms with E-state index in [1.807, 2.05) is 6.92 Å².